The van der Waals surface area contributed by atoms with Crippen molar-refractivity contribution in [2.24, 2.45) is 0 Å². The Morgan fingerprint density at radius 3 is 2.50 bits per heavy atom. The predicted molar refractivity (Wildman–Crippen MR) is 121 cm³/mol. The molecular weight excluding hydrogens is 419 g/mol. The number of nitriles is 1. The Kier molecular flexibility index (Phi) is 7.13. The number of amides is 1. The van der Waals surface area contributed by atoms with Gasteiger partial charge in [-0.3, -0.25) is 4.79 Å². The highest BCUT2D eigenvalue weighted by molar-refractivity contribution is 6.34. The number of rotatable bonds is 6. The number of nitrogens with one attached hydrogen (secondary N) is 1. The van der Waals surface area contributed by atoms with Gasteiger partial charge >= 0.3 is 0 Å². The maximum atomic E-state index is 12.5. The van der Waals surface area contributed by atoms with Gasteiger partial charge in [0.2, 0.25) is 0 Å². The van der Waals surface area contributed by atoms with Crippen molar-refractivity contribution in [3.63, 3.8) is 0 Å². The summed E-state index contributed by atoms with van der Waals surface area (Å²) in [6.45, 7) is 2.22. The molecule has 0 radical (unpaired) electrons. The molecule has 0 unspecified atom stereocenters. The van der Waals surface area contributed by atoms with Gasteiger partial charge in [0.1, 0.15) is 24.0 Å². The standard InChI is InChI=1S/C24H18Cl2N2O2/c1-16-4-2-7-22(26)23(16)28-24(29)19(14-27)12-17-8-10-21(11-9-17)30-15-18-5-3-6-20(25)13-18/h2-13H,15H2,1H3,(H,28,29)/b19-12+. The fourth-order valence-electron chi connectivity index (χ4n) is 2.74. The predicted octanol–water partition coefficient (Wildman–Crippen LogP) is 6.43. The lowest BCUT2D eigenvalue weighted by atomic mass is 10.1. The number of carbonyl (C=O) groups excluding carboxylic acids is 1. The minimum absolute atomic E-state index is 0.0260. The number of para-hydroxylation sites is 1. The summed E-state index contributed by atoms with van der Waals surface area (Å²) in [5.41, 5.74) is 2.95. The second kappa shape index (κ2) is 9.98. The highest BCUT2D eigenvalue weighted by Gasteiger charge is 2.13. The molecule has 0 atom stereocenters. The molecule has 3 aromatic rings. The van der Waals surface area contributed by atoms with Gasteiger partial charge in [-0.2, -0.15) is 5.26 Å². The van der Waals surface area contributed by atoms with Crippen molar-refractivity contribution in [1.29, 1.82) is 5.26 Å². The molecule has 150 valence electrons. The highest BCUT2D eigenvalue weighted by atomic mass is 35.5. The lowest BCUT2D eigenvalue weighted by Crippen LogP contribution is -2.14. The Labute approximate surface area is 185 Å². The van der Waals surface area contributed by atoms with E-state index < -0.39 is 5.91 Å². The van der Waals surface area contributed by atoms with E-state index in [1.807, 2.05) is 43.3 Å². The molecule has 0 saturated heterocycles. The van der Waals surface area contributed by atoms with Crippen molar-refractivity contribution in [3.05, 3.63) is 99.0 Å². The van der Waals surface area contributed by atoms with E-state index in [1.54, 1.807) is 36.4 Å². The first-order valence-corrected chi connectivity index (χ1v) is 9.87. The molecule has 1 N–H and O–H groups in total. The van der Waals surface area contributed by atoms with Gasteiger partial charge in [-0.05, 0) is 60.0 Å². The van der Waals surface area contributed by atoms with Crippen molar-refractivity contribution in [1.82, 2.24) is 0 Å². The number of carbonyl (C=O) groups is 1. The van der Waals surface area contributed by atoms with E-state index in [0.29, 0.717) is 33.7 Å². The molecule has 0 aromatic heterocycles. The third-order valence-electron chi connectivity index (χ3n) is 4.31. The Morgan fingerprint density at radius 1 is 1.10 bits per heavy atom. The maximum absolute atomic E-state index is 12.5. The molecule has 0 aliphatic rings. The summed E-state index contributed by atoms with van der Waals surface area (Å²) in [6.07, 6.45) is 1.52. The first kappa shape index (κ1) is 21.4. The molecule has 0 aliphatic carbocycles. The SMILES string of the molecule is Cc1cccc(Cl)c1NC(=O)/C(C#N)=C/c1ccc(OCc2cccc(Cl)c2)cc1. The first-order valence-electron chi connectivity index (χ1n) is 9.12. The molecule has 4 nitrogen and oxygen atoms in total. The largest absolute Gasteiger partial charge is 0.489 e. The zero-order valence-corrected chi connectivity index (χ0v) is 17.7. The van der Waals surface area contributed by atoms with Crippen LogP contribution in [-0.2, 0) is 11.4 Å². The molecule has 3 rings (SSSR count). The number of benzene rings is 3. The third-order valence-corrected chi connectivity index (χ3v) is 4.86. The molecule has 0 heterocycles. The first-order chi connectivity index (χ1) is 14.5. The number of ether oxygens (including phenoxy) is 1. The molecular formula is C24H18Cl2N2O2. The molecule has 0 bridgehead atoms. The Bertz CT molecular complexity index is 1110. The monoisotopic (exact) mass is 436 g/mol. The van der Waals surface area contributed by atoms with Crippen LogP contribution in [0.1, 0.15) is 16.7 Å². The fourth-order valence-corrected chi connectivity index (χ4v) is 3.22. The minimum Gasteiger partial charge on any atom is -0.489 e. The maximum Gasteiger partial charge on any atom is 0.266 e. The van der Waals surface area contributed by atoms with Crippen LogP contribution in [0.4, 0.5) is 5.69 Å². The van der Waals surface area contributed by atoms with Crippen molar-refractivity contribution >= 4 is 40.9 Å². The van der Waals surface area contributed by atoms with E-state index in [1.165, 1.54) is 6.08 Å². The van der Waals surface area contributed by atoms with Gasteiger partial charge in [-0.1, -0.05) is 59.6 Å². The number of anilines is 1. The summed E-state index contributed by atoms with van der Waals surface area (Å²) in [6, 6.07) is 21.8. The van der Waals surface area contributed by atoms with Crippen molar-refractivity contribution in [2.75, 3.05) is 5.32 Å². The van der Waals surface area contributed by atoms with Crippen molar-refractivity contribution in [3.8, 4) is 11.8 Å². The van der Waals surface area contributed by atoms with Crippen LogP contribution in [0.15, 0.2) is 72.3 Å². The Morgan fingerprint density at radius 2 is 1.83 bits per heavy atom. The van der Waals surface area contributed by atoms with Gasteiger partial charge in [-0.15, -0.1) is 0 Å². The van der Waals surface area contributed by atoms with Crippen LogP contribution in [0.25, 0.3) is 6.08 Å². The average molecular weight is 437 g/mol. The lowest BCUT2D eigenvalue weighted by molar-refractivity contribution is -0.112. The van der Waals surface area contributed by atoms with E-state index in [4.69, 9.17) is 27.9 Å². The van der Waals surface area contributed by atoms with E-state index in [-0.39, 0.29) is 5.57 Å². The summed E-state index contributed by atoms with van der Waals surface area (Å²) in [7, 11) is 0. The van der Waals surface area contributed by atoms with Gasteiger partial charge in [0, 0.05) is 5.02 Å². The Balaban J connectivity index is 1.68. The third kappa shape index (κ3) is 5.64. The van der Waals surface area contributed by atoms with Crippen LogP contribution in [0.3, 0.4) is 0 Å². The van der Waals surface area contributed by atoms with E-state index >= 15 is 0 Å². The van der Waals surface area contributed by atoms with Gasteiger partial charge < -0.3 is 10.1 Å². The zero-order chi connectivity index (χ0) is 21.5. The van der Waals surface area contributed by atoms with Gasteiger partial charge in [0.25, 0.3) is 5.91 Å². The van der Waals surface area contributed by atoms with Crippen LogP contribution < -0.4 is 10.1 Å². The summed E-state index contributed by atoms with van der Waals surface area (Å²) >= 11 is 12.1. The van der Waals surface area contributed by atoms with Crippen molar-refractivity contribution in [2.45, 2.75) is 13.5 Å². The van der Waals surface area contributed by atoms with Crippen LogP contribution in [0.2, 0.25) is 10.0 Å². The summed E-state index contributed by atoms with van der Waals surface area (Å²) < 4.78 is 5.75. The zero-order valence-electron chi connectivity index (χ0n) is 16.2. The van der Waals surface area contributed by atoms with Gasteiger partial charge in [0.15, 0.2) is 0 Å². The topological polar surface area (TPSA) is 62.1 Å². The van der Waals surface area contributed by atoms with Gasteiger partial charge in [0.05, 0.1) is 10.7 Å². The van der Waals surface area contributed by atoms with E-state index in [2.05, 4.69) is 5.32 Å². The molecule has 0 spiro atoms. The molecule has 0 aliphatic heterocycles. The molecule has 3 aromatic carbocycles. The van der Waals surface area contributed by atoms with E-state index in [0.717, 1.165) is 11.1 Å². The summed E-state index contributed by atoms with van der Waals surface area (Å²) in [4.78, 5) is 12.5. The molecule has 0 fully saturated rings. The minimum atomic E-state index is -0.519. The molecule has 6 heteroatoms. The number of hydrogen-bond acceptors (Lipinski definition) is 3. The second-order valence-electron chi connectivity index (χ2n) is 6.54. The van der Waals surface area contributed by atoms with Crippen LogP contribution in [0.5, 0.6) is 5.75 Å². The number of hydrogen-bond donors (Lipinski definition) is 1. The number of aryl methyl sites for hydroxylation is 1. The van der Waals surface area contributed by atoms with Crippen LogP contribution in [-0.4, -0.2) is 5.91 Å². The number of nitrogens with zero attached hydrogens (tertiary/aromatic N) is 1. The van der Waals surface area contributed by atoms with Crippen LogP contribution >= 0.6 is 23.2 Å². The molecule has 30 heavy (non-hydrogen) atoms. The van der Waals surface area contributed by atoms with Crippen LogP contribution in [0, 0.1) is 18.3 Å². The quantitative estimate of drug-likeness (QED) is 0.357. The second-order valence-corrected chi connectivity index (χ2v) is 7.39. The Hall–Kier alpha value is -3.26. The normalized spacial score (nSPS) is 10.9. The summed E-state index contributed by atoms with van der Waals surface area (Å²) in [5.74, 6) is 0.150. The number of halogens is 2. The lowest BCUT2D eigenvalue weighted by Gasteiger charge is -2.10. The van der Waals surface area contributed by atoms with E-state index in [9.17, 15) is 10.1 Å². The summed E-state index contributed by atoms with van der Waals surface area (Å²) in [5, 5.41) is 13.2. The molecule has 0 saturated carbocycles. The fraction of sp³-hybridized carbons (Fsp3) is 0.0833. The van der Waals surface area contributed by atoms with Crippen molar-refractivity contribution < 1.29 is 9.53 Å². The molecule has 1 amide bonds. The smallest absolute Gasteiger partial charge is 0.266 e. The van der Waals surface area contributed by atoms with Gasteiger partial charge in [-0.25, -0.2) is 0 Å². The highest BCUT2D eigenvalue weighted by Crippen LogP contribution is 2.26. The average Bonchev–Trinajstić information content (AvgIpc) is 2.74.